The summed E-state index contributed by atoms with van der Waals surface area (Å²) in [6, 6.07) is 17.7. The van der Waals surface area contributed by atoms with Crippen molar-refractivity contribution in [1.82, 2.24) is 9.80 Å². The molecule has 0 radical (unpaired) electrons. The SMILES string of the molecule is Cl.O=C1OC2(CCN(CC(O)C3COc4ccccc4O3)CC2)CN1CCc1ccccc1. The lowest BCUT2D eigenvalue weighted by atomic mass is 9.91. The van der Waals surface area contributed by atoms with Gasteiger partial charge in [-0.15, -0.1) is 12.4 Å². The normalized spacial score (nSPS) is 22.5. The van der Waals surface area contributed by atoms with Crippen LogP contribution in [-0.4, -0.2) is 78.1 Å². The number of hydrogen-bond donors (Lipinski definition) is 1. The van der Waals surface area contributed by atoms with E-state index in [9.17, 15) is 9.90 Å². The van der Waals surface area contributed by atoms with E-state index in [2.05, 4.69) is 17.0 Å². The number of nitrogens with zero attached hydrogens (tertiary/aromatic N) is 2. The number of rotatable bonds is 6. The number of benzene rings is 2. The highest BCUT2D eigenvalue weighted by Gasteiger charge is 2.47. The Morgan fingerprint density at radius 2 is 1.73 bits per heavy atom. The monoisotopic (exact) mass is 474 g/mol. The number of carbonyl (C=O) groups excluding carboxylic acids is 1. The van der Waals surface area contributed by atoms with Crippen molar-refractivity contribution in [2.75, 3.05) is 39.3 Å². The lowest BCUT2D eigenvalue weighted by Gasteiger charge is -2.39. The van der Waals surface area contributed by atoms with Crippen LogP contribution in [0.25, 0.3) is 0 Å². The third-order valence-corrected chi connectivity index (χ3v) is 6.73. The molecule has 0 saturated carbocycles. The number of β-amino-alcohol motifs (C(OH)–C–C–N with tert-alkyl or cyclic N) is 1. The molecule has 3 heterocycles. The standard InChI is InChI=1S/C25H30N2O5.ClH/c28-20(23-17-30-21-8-4-5-9-22(21)31-23)16-26-14-11-25(12-15-26)18-27(24(29)32-25)13-10-19-6-2-1-3-7-19;/h1-9,20,23,28H,10-18H2;1H. The van der Waals surface area contributed by atoms with Crippen molar-refractivity contribution in [3.05, 3.63) is 60.2 Å². The third kappa shape index (κ3) is 5.37. The topological polar surface area (TPSA) is 71.5 Å². The molecule has 2 aromatic rings. The number of fused-ring (bicyclic) bond motifs is 1. The van der Waals surface area contributed by atoms with Crippen molar-refractivity contribution in [2.45, 2.75) is 37.1 Å². The highest BCUT2D eigenvalue weighted by molar-refractivity contribution is 5.85. The number of hydrogen-bond acceptors (Lipinski definition) is 6. The fourth-order valence-electron chi connectivity index (χ4n) is 4.78. The van der Waals surface area contributed by atoms with Crippen molar-refractivity contribution >= 4 is 18.5 Å². The molecule has 1 spiro atoms. The zero-order valence-corrected chi connectivity index (χ0v) is 19.4. The second kappa shape index (κ2) is 10.2. The Balaban J connectivity index is 0.00000259. The van der Waals surface area contributed by atoms with Crippen molar-refractivity contribution < 1.29 is 24.1 Å². The number of carbonyl (C=O) groups is 1. The average molecular weight is 475 g/mol. The molecule has 1 amide bonds. The van der Waals surface area contributed by atoms with E-state index >= 15 is 0 Å². The molecule has 2 saturated heterocycles. The Morgan fingerprint density at radius 3 is 2.48 bits per heavy atom. The number of likely N-dealkylation sites (tertiary alicyclic amines) is 1. The second-order valence-corrected chi connectivity index (χ2v) is 8.99. The maximum atomic E-state index is 12.5. The number of halogens is 1. The van der Waals surface area contributed by atoms with Gasteiger partial charge in [0.25, 0.3) is 0 Å². The summed E-state index contributed by atoms with van der Waals surface area (Å²) in [7, 11) is 0. The molecule has 0 aromatic heterocycles. The van der Waals surface area contributed by atoms with Gasteiger partial charge in [-0.2, -0.15) is 0 Å². The quantitative estimate of drug-likeness (QED) is 0.693. The molecule has 3 aliphatic rings. The fourth-order valence-corrected chi connectivity index (χ4v) is 4.78. The summed E-state index contributed by atoms with van der Waals surface area (Å²) in [5.41, 5.74) is 0.820. The van der Waals surface area contributed by atoms with Gasteiger partial charge in [-0.25, -0.2) is 4.79 Å². The Morgan fingerprint density at radius 1 is 1.03 bits per heavy atom. The first kappa shape index (κ1) is 23.7. The number of piperidine rings is 1. The zero-order valence-electron chi connectivity index (χ0n) is 18.6. The van der Waals surface area contributed by atoms with Crippen molar-refractivity contribution in [1.29, 1.82) is 0 Å². The van der Waals surface area contributed by atoms with E-state index in [1.54, 1.807) is 0 Å². The molecule has 2 aromatic carbocycles. The smallest absolute Gasteiger partial charge is 0.410 e. The summed E-state index contributed by atoms with van der Waals surface area (Å²) in [6.45, 7) is 3.73. The van der Waals surface area contributed by atoms with Crippen molar-refractivity contribution in [2.24, 2.45) is 0 Å². The average Bonchev–Trinajstić information content (AvgIpc) is 3.14. The molecule has 0 bridgehead atoms. The van der Waals surface area contributed by atoms with Gasteiger partial charge in [0.2, 0.25) is 0 Å². The molecule has 2 unspecified atom stereocenters. The molecule has 8 heteroatoms. The minimum Gasteiger partial charge on any atom is -0.486 e. The summed E-state index contributed by atoms with van der Waals surface area (Å²) < 4.78 is 17.5. The van der Waals surface area contributed by atoms with Gasteiger partial charge >= 0.3 is 6.09 Å². The van der Waals surface area contributed by atoms with Crippen LogP contribution in [0.15, 0.2) is 54.6 Å². The second-order valence-electron chi connectivity index (χ2n) is 8.99. The maximum absolute atomic E-state index is 12.5. The van der Waals surface area contributed by atoms with Gasteiger partial charge in [0.15, 0.2) is 17.6 Å². The molecule has 3 aliphatic heterocycles. The predicted molar refractivity (Wildman–Crippen MR) is 126 cm³/mol. The van der Waals surface area contributed by atoms with Crippen LogP contribution in [0.5, 0.6) is 11.5 Å². The van der Waals surface area contributed by atoms with Crippen molar-refractivity contribution in [3.63, 3.8) is 0 Å². The number of para-hydroxylation sites is 2. The van der Waals surface area contributed by atoms with E-state index in [1.165, 1.54) is 5.56 Å². The lowest BCUT2D eigenvalue weighted by molar-refractivity contribution is -0.0451. The summed E-state index contributed by atoms with van der Waals surface area (Å²) in [5.74, 6) is 1.39. The number of amides is 1. The van der Waals surface area contributed by atoms with Crippen LogP contribution >= 0.6 is 12.4 Å². The molecule has 178 valence electrons. The van der Waals surface area contributed by atoms with E-state index < -0.39 is 17.8 Å². The first-order chi connectivity index (χ1) is 15.6. The molecular formula is C25H31ClN2O5. The lowest BCUT2D eigenvalue weighted by Crippen LogP contribution is -2.51. The van der Waals surface area contributed by atoms with E-state index in [-0.39, 0.29) is 18.5 Å². The van der Waals surface area contributed by atoms with Gasteiger partial charge in [-0.3, -0.25) is 0 Å². The summed E-state index contributed by atoms with van der Waals surface area (Å²) >= 11 is 0. The van der Waals surface area contributed by atoms with Crippen LogP contribution in [0.4, 0.5) is 4.79 Å². The largest absolute Gasteiger partial charge is 0.486 e. The first-order valence-electron chi connectivity index (χ1n) is 11.4. The van der Waals surface area contributed by atoms with Crippen LogP contribution in [0.3, 0.4) is 0 Å². The Kier molecular flexibility index (Phi) is 7.32. The van der Waals surface area contributed by atoms with Crippen LogP contribution in [0, 0.1) is 0 Å². The first-order valence-corrected chi connectivity index (χ1v) is 11.4. The molecule has 5 rings (SSSR count). The van der Waals surface area contributed by atoms with Gasteiger partial charge in [-0.1, -0.05) is 42.5 Å². The predicted octanol–water partition coefficient (Wildman–Crippen LogP) is 3.14. The van der Waals surface area contributed by atoms with E-state index in [1.807, 2.05) is 47.4 Å². The van der Waals surface area contributed by atoms with Crippen LogP contribution in [0.2, 0.25) is 0 Å². The fraction of sp³-hybridized carbons (Fsp3) is 0.480. The minimum absolute atomic E-state index is 0. The Labute approximate surface area is 200 Å². The molecule has 33 heavy (non-hydrogen) atoms. The number of aliphatic hydroxyl groups excluding tert-OH is 1. The van der Waals surface area contributed by atoms with E-state index in [0.29, 0.717) is 32.0 Å². The molecule has 7 nitrogen and oxygen atoms in total. The van der Waals surface area contributed by atoms with Crippen LogP contribution < -0.4 is 9.47 Å². The van der Waals surface area contributed by atoms with Crippen LogP contribution in [0.1, 0.15) is 18.4 Å². The maximum Gasteiger partial charge on any atom is 0.410 e. The molecule has 2 fully saturated rings. The third-order valence-electron chi connectivity index (χ3n) is 6.73. The van der Waals surface area contributed by atoms with Gasteiger partial charge in [0.05, 0.1) is 6.54 Å². The van der Waals surface area contributed by atoms with Gasteiger partial charge in [0.1, 0.15) is 18.3 Å². The Bertz CT molecular complexity index is 935. The zero-order chi connectivity index (χ0) is 22.0. The van der Waals surface area contributed by atoms with Crippen molar-refractivity contribution in [3.8, 4) is 11.5 Å². The molecular weight excluding hydrogens is 444 g/mol. The summed E-state index contributed by atoms with van der Waals surface area (Å²) in [5, 5.41) is 10.7. The van der Waals surface area contributed by atoms with E-state index in [0.717, 1.165) is 38.1 Å². The summed E-state index contributed by atoms with van der Waals surface area (Å²) in [4.78, 5) is 16.5. The minimum atomic E-state index is -0.647. The molecule has 1 N–H and O–H groups in total. The van der Waals surface area contributed by atoms with Gasteiger partial charge < -0.3 is 29.1 Å². The van der Waals surface area contributed by atoms with Gasteiger partial charge in [-0.05, 0) is 24.1 Å². The molecule has 2 atom stereocenters. The number of aliphatic hydroxyl groups is 1. The van der Waals surface area contributed by atoms with Gasteiger partial charge in [0, 0.05) is 39.0 Å². The van der Waals surface area contributed by atoms with Crippen LogP contribution in [-0.2, 0) is 11.2 Å². The van der Waals surface area contributed by atoms with E-state index in [4.69, 9.17) is 14.2 Å². The summed E-state index contributed by atoms with van der Waals surface area (Å²) in [6.07, 6.45) is 1.14. The Hall–Kier alpha value is -2.48. The molecule has 0 aliphatic carbocycles. The number of ether oxygens (including phenoxy) is 3. The highest BCUT2D eigenvalue weighted by atomic mass is 35.5. The highest BCUT2D eigenvalue weighted by Crippen LogP contribution is 2.34.